The van der Waals surface area contributed by atoms with Gasteiger partial charge in [0.2, 0.25) is 5.91 Å². The molecule has 0 aliphatic carbocycles. The second-order valence-electron chi connectivity index (χ2n) is 8.17. The number of aromatic nitrogens is 3. The van der Waals surface area contributed by atoms with Crippen molar-refractivity contribution >= 4 is 28.4 Å². The van der Waals surface area contributed by atoms with E-state index in [0.29, 0.717) is 35.6 Å². The Balaban J connectivity index is 1.82. The number of amides is 1. The molecular weight excluding hydrogens is 435 g/mol. The third kappa shape index (κ3) is 4.17. The van der Waals surface area contributed by atoms with E-state index < -0.39 is 23.8 Å². The van der Waals surface area contributed by atoms with Crippen molar-refractivity contribution < 1.29 is 18.0 Å². The average molecular weight is 459 g/mol. The van der Waals surface area contributed by atoms with Crippen LogP contribution in [0.3, 0.4) is 0 Å². The highest BCUT2D eigenvalue weighted by atomic mass is 19.3. The fourth-order valence-electron chi connectivity index (χ4n) is 4.14. The molecule has 0 unspecified atom stereocenters. The summed E-state index contributed by atoms with van der Waals surface area (Å²) in [6.07, 6.45) is -0.996. The van der Waals surface area contributed by atoms with Crippen LogP contribution in [0.15, 0.2) is 29.1 Å². The van der Waals surface area contributed by atoms with Gasteiger partial charge in [0.05, 0.1) is 17.0 Å². The Hall–Kier alpha value is -3.43. The summed E-state index contributed by atoms with van der Waals surface area (Å²) >= 11 is 0. The van der Waals surface area contributed by atoms with Crippen molar-refractivity contribution in [3.8, 4) is 0 Å². The van der Waals surface area contributed by atoms with Crippen molar-refractivity contribution in [1.82, 2.24) is 14.5 Å². The number of nitrogens with one attached hydrogen (secondary N) is 1. The molecule has 2 aromatic heterocycles. The van der Waals surface area contributed by atoms with Gasteiger partial charge in [-0.15, -0.1) is 0 Å². The molecule has 1 fully saturated rings. The zero-order chi connectivity index (χ0) is 23.9. The second kappa shape index (κ2) is 8.84. The fourth-order valence-corrected chi connectivity index (χ4v) is 4.14. The summed E-state index contributed by atoms with van der Waals surface area (Å²) in [6, 6.07) is 4.73. The average Bonchev–Trinajstić information content (AvgIpc) is 2.77. The van der Waals surface area contributed by atoms with E-state index in [-0.39, 0.29) is 22.7 Å². The lowest BCUT2D eigenvalue weighted by Crippen LogP contribution is -2.39. The number of rotatable bonds is 5. The number of alkyl halides is 2. The van der Waals surface area contributed by atoms with Crippen molar-refractivity contribution in [3.05, 3.63) is 57.4 Å². The van der Waals surface area contributed by atoms with Crippen molar-refractivity contribution in [2.45, 2.75) is 45.6 Å². The number of hydrogen-bond donors (Lipinski definition) is 1. The summed E-state index contributed by atoms with van der Waals surface area (Å²) in [4.78, 5) is 35.7. The van der Waals surface area contributed by atoms with Gasteiger partial charge in [-0.05, 0) is 32.8 Å². The molecular formula is C23H24F3N5O2. The number of fused-ring (bicyclic) bond motifs is 1. The number of pyridine rings is 1. The van der Waals surface area contributed by atoms with Gasteiger partial charge in [0.1, 0.15) is 28.8 Å². The predicted octanol–water partition coefficient (Wildman–Crippen LogP) is 4.40. The first-order valence-electron chi connectivity index (χ1n) is 10.7. The molecule has 0 bridgehead atoms. The topological polar surface area (TPSA) is 80.1 Å². The zero-order valence-electron chi connectivity index (χ0n) is 18.5. The lowest BCUT2D eigenvalue weighted by atomic mass is 10.0. The van der Waals surface area contributed by atoms with E-state index in [1.807, 2.05) is 0 Å². The van der Waals surface area contributed by atoms with Gasteiger partial charge < -0.3 is 10.2 Å². The number of hydrogen-bond acceptors (Lipinski definition) is 5. The van der Waals surface area contributed by atoms with E-state index in [4.69, 9.17) is 0 Å². The van der Waals surface area contributed by atoms with Crippen LogP contribution in [0, 0.1) is 12.7 Å². The van der Waals surface area contributed by atoms with E-state index in [1.165, 1.54) is 21.6 Å². The molecule has 0 saturated carbocycles. The van der Waals surface area contributed by atoms with E-state index in [9.17, 15) is 22.8 Å². The molecule has 0 spiro atoms. The van der Waals surface area contributed by atoms with Crippen LogP contribution in [0.25, 0.3) is 11.0 Å². The van der Waals surface area contributed by atoms with E-state index in [0.717, 1.165) is 18.9 Å². The first-order valence-corrected chi connectivity index (χ1v) is 10.7. The maximum Gasteiger partial charge on any atom is 0.275 e. The largest absolute Gasteiger partial charge is 0.363 e. The lowest BCUT2D eigenvalue weighted by molar-refractivity contribution is -0.119. The van der Waals surface area contributed by atoms with Gasteiger partial charge in [-0.25, -0.2) is 23.1 Å². The smallest absolute Gasteiger partial charge is 0.275 e. The molecule has 4 rings (SSSR count). The van der Waals surface area contributed by atoms with Gasteiger partial charge in [-0.1, -0.05) is 18.2 Å². The Labute approximate surface area is 188 Å². The monoisotopic (exact) mass is 459 g/mol. The van der Waals surface area contributed by atoms with E-state index in [2.05, 4.69) is 15.3 Å². The highest BCUT2D eigenvalue weighted by Gasteiger charge is 2.25. The van der Waals surface area contributed by atoms with Crippen LogP contribution in [0.5, 0.6) is 0 Å². The summed E-state index contributed by atoms with van der Waals surface area (Å²) < 4.78 is 42.3. The number of benzene rings is 1. The molecule has 1 atom stereocenters. The maximum absolute atomic E-state index is 14.7. The summed E-state index contributed by atoms with van der Waals surface area (Å²) in [5.41, 5.74) is -0.391. The Kier molecular flexibility index (Phi) is 6.09. The highest BCUT2D eigenvalue weighted by Crippen LogP contribution is 2.31. The quantitative estimate of drug-likeness (QED) is 0.612. The number of carbonyl (C=O) groups is 1. The van der Waals surface area contributed by atoms with E-state index >= 15 is 0 Å². The minimum Gasteiger partial charge on any atom is -0.363 e. The summed E-state index contributed by atoms with van der Waals surface area (Å²) in [5, 5.41) is 3.55. The molecule has 3 heterocycles. The molecule has 174 valence electrons. The summed E-state index contributed by atoms with van der Waals surface area (Å²) in [7, 11) is 1.56. The Morgan fingerprint density at radius 3 is 2.55 bits per heavy atom. The molecule has 3 aromatic rings. The molecule has 1 N–H and O–H groups in total. The van der Waals surface area contributed by atoms with Crippen LogP contribution in [-0.2, 0) is 11.8 Å². The van der Waals surface area contributed by atoms with Crippen LogP contribution in [-0.4, -0.2) is 27.0 Å². The zero-order valence-corrected chi connectivity index (χ0v) is 18.5. The van der Waals surface area contributed by atoms with Gasteiger partial charge in [0, 0.05) is 25.6 Å². The van der Waals surface area contributed by atoms with Gasteiger partial charge >= 0.3 is 0 Å². The first-order chi connectivity index (χ1) is 15.7. The molecule has 7 nitrogen and oxygen atoms in total. The molecule has 1 aromatic carbocycles. The first kappa shape index (κ1) is 22.8. The lowest BCUT2D eigenvalue weighted by Gasteiger charge is -2.27. The van der Waals surface area contributed by atoms with Crippen LogP contribution < -0.4 is 15.8 Å². The number of halogens is 3. The number of carbonyl (C=O) groups excluding carboxylic acids is 1. The predicted molar refractivity (Wildman–Crippen MR) is 119 cm³/mol. The maximum atomic E-state index is 14.7. The minimum absolute atomic E-state index is 0.0634. The molecule has 1 saturated heterocycles. The third-order valence-electron chi connectivity index (χ3n) is 5.89. The highest BCUT2D eigenvalue weighted by molar-refractivity contribution is 5.97. The third-order valence-corrected chi connectivity index (χ3v) is 5.89. The fraction of sp³-hybridized carbons (Fsp3) is 0.391. The summed E-state index contributed by atoms with van der Waals surface area (Å²) in [5.74, 6) is -0.418. The molecule has 0 radical (unpaired) electrons. The molecule has 1 aliphatic heterocycles. The van der Waals surface area contributed by atoms with Crippen LogP contribution >= 0.6 is 0 Å². The Bertz CT molecular complexity index is 1290. The molecule has 1 amide bonds. The van der Waals surface area contributed by atoms with Crippen LogP contribution in [0.2, 0.25) is 0 Å². The van der Waals surface area contributed by atoms with Gasteiger partial charge in [-0.3, -0.25) is 14.2 Å². The Morgan fingerprint density at radius 1 is 1.12 bits per heavy atom. The van der Waals surface area contributed by atoms with Crippen LogP contribution in [0.4, 0.5) is 24.7 Å². The molecule has 1 aliphatic rings. The standard InChI is InChI=1S/C23H24F3N5O2/c1-12(14-7-6-8-15(19(14)24)20(25)26)27-21-16-11-17(31-10-5-4-9-18(31)32)23(33)30(3)22(16)29-13(2)28-21/h6-8,11-12,20H,4-5,9-10H2,1-3H3,(H,27,28,29)/t12-/m1/s1. The van der Waals surface area contributed by atoms with Crippen molar-refractivity contribution in [3.63, 3.8) is 0 Å². The number of anilines is 2. The minimum atomic E-state index is -2.93. The SMILES string of the molecule is Cc1nc(N[C@H](C)c2cccc(C(F)F)c2F)c2cc(N3CCCCC3=O)c(=O)n(C)c2n1. The second-order valence-corrected chi connectivity index (χ2v) is 8.17. The van der Waals surface area contributed by atoms with Gasteiger partial charge in [-0.2, -0.15) is 0 Å². The number of aryl methyl sites for hydroxylation is 2. The van der Waals surface area contributed by atoms with E-state index in [1.54, 1.807) is 27.0 Å². The van der Waals surface area contributed by atoms with Crippen molar-refractivity contribution in [2.24, 2.45) is 7.05 Å². The van der Waals surface area contributed by atoms with Gasteiger partial charge in [0.25, 0.3) is 12.0 Å². The van der Waals surface area contributed by atoms with Crippen molar-refractivity contribution in [1.29, 1.82) is 0 Å². The number of piperidine rings is 1. The molecule has 33 heavy (non-hydrogen) atoms. The number of nitrogens with zero attached hydrogens (tertiary/aromatic N) is 4. The van der Waals surface area contributed by atoms with Gasteiger partial charge in [0.15, 0.2) is 0 Å². The molecule has 10 heteroatoms. The van der Waals surface area contributed by atoms with Crippen LogP contribution in [0.1, 0.15) is 55.6 Å². The Morgan fingerprint density at radius 2 is 1.85 bits per heavy atom. The van der Waals surface area contributed by atoms with Crippen molar-refractivity contribution in [2.75, 3.05) is 16.8 Å². The normalized spacial score (nSPS) is 15.4. The summed E-state index contributed by atoms with van der Waals surface area (Å²) in [6.45, 7) is 3.73.